The van der Waals surface area contributed by atoms with E-state index in [9.17, 15) is 4.79 Å². The third-order valence-electron chi connectivity index (χ3n) is 4.82. The van der Waals surface area contributed by atoms with Crippen molar-refractivity contribution in [1.29, 1.82) is 0 Å². The van der Waals surface area contributed by atoms with Crippen LogP contribution >= 0.6 is 12.4 Å². The maximum Gasteiger partial charge on any atom is 0.248 e. The Labute approximate surface area is 132 Å². The maximum absolute atomic E-state index is 12.8. The first-order valence-electron chi connectivity index (χ1n) is 7.80. The summed E-state index contributed by atoms with van der Waals surface area (Å²) in [5, 5.41) is 10.9. The van der Waals surface area contributed by atoms with Crippen LogP contribution in [0.2, 0.25) is 0 Å². The van der Waals surface area contributed by atoms with Gasteiger partial charge in [0.15, 0.2) is 0 Å². The Balaban J connectivity index is 0.00000161. The number of hydrogen-bond acceptors (Lipinski definition) is 3. The topological polar surface area (TPSA) is 59.0 Å². The van der Waals surface area contributed by atoms with Crippen LogP contribution in [0, 0.1) is 5.92 Å². The molecule has 1 aliphatic carbocycles. The predicted octanol–water partition coefficient (Wildman–Crippen LogP) is 1.69. The number of carbonyl (C=O) groups is 1. The molecule has 6 heteroatoms. The van der Waals surface area contributed by atoms with E-state index in [1.54, 1.807) is 6.20 Å². The van der Waals surface area contributed by atoms with Crippen molar-refractivity contribution in [3.63, 3.8) is 0 Å². The number of rotatable bonds is 4. The third kappa shape index (κ3) is 3.40. The van der Waals surface area contributed by atoms with Gasteiger partial charge in [-0.05, 0) is 50.8 Å². The highest BCUT2D eigenvalue weighted by atomic mass is 35.5. The molecule has 1 aromatic rings. The van der Waals surface area contributed by atoms with E-state index in [1.165, 1.54) is 25.7 Å². The van der Waals surface area contributed by atoms with Gasteiger partial charge in [-0.1, -0.05) is 12.8 Å². The molecule has 3 rings (SSSR count). The summed E-state index contributed by atoms with van der Waals surface area (Å²) in [5.41, 5.74) is -0.493. The zero-order valence-corrected chi connectivity index (χ0v) is 13.2. The molecule has 2 N–H and O–H groups in total. The van der Waals surface area contributed by atoms with Gasteiger partial charge in [-0.15, -0.1) is 12.4 Å². The van der Waals surface area contributed by atoms with Gasteiger partial charge < -0.3 is 10.6 Å². The summed E-state index contributed by atoms with van der Waals surface area (Å²) in [6, 6.07) is 1.90. The van der Waals surface area contributed by atoms with E-state index in [0.29, 0.717) is 5.92 Å². The fourth-order valence-corrected chi connectivity index (χ4v) is 3.54. The van der Waals surface area contributed by atoms with Crippen LogP contribution in [0.1, 0.15) is 38.5 Å². The minimum atomic E-state index is -0.493. The average Bonchev–Trinajstić information content (AvgIpc) is 3.18. The van der Waals surface area contributed by atoms with Gasteiger partial charge in [0.05, 0.1) is 0 Å². The number of hydrogen-bond donors (Lipinski definition) is 2. The molecule has 1 aliphatic heterocycles. The van der Waals surface area contributed by atoms with Crippen molar-refractivity contribution in [2.75, 3.05) is 19.6 Å². The molecule has 1 aromatic heterocycles. The predicted molar refractivity (Wildman–Crippen MR) is 84.5 cm³/mol. The number of piperidine rings is 1. The van der Waals surface area contributed by atoms with Crippen LogP contribution in [-0.2, 0) is 10.3 Å². The first kappa shape index (κ1) is 16.3. The van der Waals surface area contributed by atoms with E-state index in [4.69, 9.17) is 0 Å². The van der Waals surface area contributed by atoms with Crippen LogP contribution in [0.25, 0.3) is 0 Å². The van der Waals surface area contributed by atoms with E-state index in [0.717, 1.165) is 32.5 Å². The normalized spacial score (nSPS) is 21.7. The van der Waals surface area contributed by atoms with Crippen molar-refractivity contribution in [2.45, 2.75) is 44.1 Å². The van der Waals surface area contributed by atoms with E-state index in [1.807, 2.05) is 16.9 Å². The van der Waals surface area contributed by atoms with Crippen molar-refractivity contribution in [3.05, 3.63) is 18.5 Å². The first-order valence-corrected chi connectivity index (χ1v) is 7.80. The monoisotopic (exact) mass is 312 g/mol. The van der Waals surface area contributed by atoms with Crippen molar-refractivity contribution in [1.82, 2.24) is 20.4 Å². The minimum Gasteiger partial charge on any atom is -0.354 e. The average molecular weight is 313 g/mol. The Hall–Kier alpha value is -1.07. The fourth-order valence-electron chi connectivity index (χ4n) is 3.54. The minimum absolute atomic E-state index is 0. The van der Waals surface area contributed by atoms with Crippen LogP contribution in [0.4, 0.5) is 0 Å². The largest absolute Gasteiger partial charge is 0.354 e. The molecule has 0 radical (unpaired) electrons. The summed E-state index contributed by atoms with van der Waals surface area (Å²) in [7, 11) is 0. The van der Waals surface area contributed by atoms with E-state index in [2.05, 4.69) is 15.7 Å². The quantitative estimate of drug-likeness (QED) is 0.889. The lowest BCUT2D eigenvalue weighted by Gasteiger charge is -2.36. The fraction of sp³-hybridized carbons (Fsp3) is 0.733. The second kappa shape index (κ2) is 7.27. The Morgan fingerprint density at radius 3 is 2.67 bits per heavy atom. The lowest BCUT2D eigenvalue weighted by Crippen LogP contribution is -2.55. The number of nitrogens with zero attached hydrogens (tertiary/aromatic N) is 2. The molecular weight excluding hydrogens is 288 g/mol. The van der Waals surface area contributed by atoms with Crippen molar-refractivity contribution in [3.8, 4) is 0 Å². The summed E-state index contributed by atoms with van der Waals surface area (Å²) in [4.78, 5) is 12.8. The molecular formula is C15H25ClN4O. The molecule has 1 saturated carbocycles. The molecule has 0 aromatic carbocycles. The molecule has 0 spiro atoms. The summed E-state index contributed by atoms with van der Waals surface area (Å²) < 4.78 is 1.86. The Morgan fingerprint density at radius 2 is 2.05 bits per heavy atom. The molecule has 2 heterocycles. The molecule has 1 saturated heterocycles. The van der Waals surface area contributed by atoms with Crippen molar-refractivity contribution in [2.24, 2.45) is 5.92 Å². The highest BCUT2D eigenvalue weighted by Gasteiger charge is 2.41. The smallest absolute Gasteiger partial charge is 0.248 e. The van der Waals surface area contributed by atoms with Gasteiger partial charge in [0, 0.05) is 18.9 Å². The first-order chi connectivity index (χ1) is 9.81. The standard InChI is InChI=1S/C15H24N4O.ClH/c20-14(17-12-13-4-1-2-5-13)15(6-9-16-10-7-15)19-11-3-8-18-19;/h3,8,11,13,16H,1-2,4-7,9-10,12H2,(H,17,20);1H. The number of aromatic nitrogens is 2. The van der Waals surface area contributed by atoms with Gasteiger partial charge in [-0.25, -0.2) is 0 Å². The second-order valence-corrected chi connectivity index (χ2v) is 6.09. The summed E-state index contributed by atoms with van der Waals surface area (Å²) >= 11 is 0. The zero-order chi connectivity index (χ0) is 13.8. The van der Waals surface area contributed by atoms with Crippen LogP contribution in [0.15, 0.2) is 18.5 Å². The molecule has 21 heavy (non-hydrogen) atoms. The van der Waals surface area contributed by atoms with Crippen LogP contribution in [0.3, 0.4) is 0 Å². The number of carbonyl (C=O) groups excluding carboxylic acids is 1. The van der Waals surface area contributed by atoms with Crippen molar-refractivity contribution < 1.29 is 4.79 Å². The van der Waals surface area contributed by atoms with Crippen molar-refractivity contribution >= 4 is 18.3 Å². The lowest BCUT2D eigenvalue weighted by molar-refractivity contribution is -0.132. The zero-order valence-electron chi connectivity index (χ0n) is 12.4. The van der Waals surface area contributed by atoms with Gasteiger partial charge in [0.2, 0.25) is 5.91 Å². The van der Waals surface area contributed by atoms with E-state index < -0.39 is 5.54 Å². The molecule has 2 aliphatic rings. The van der Waals surface area contributed by atoms with Crippen LogP contribution in [-0.4, -0.2) is 35.3 Å². The van der Waals surface area contributed by atoms with Gasteiger partial charge in [0.1, 0.15) is 5.54 Å². The molecule has 2 fully saturated rings. The van der Waals surface area contributed by atoms with Gasteiger partial charge in [-0.3, -0.25) is 9.48 Å². The second-order valence-electron chi connectivity index (χ2n) is 6.09. The van der Waals surface area contributed by atoms with Crippen LogP contribution in [0.5, 0.6) is 0 Å². The Morgan fingerprint density at radius 1 is 1.33 bits per heavy atom. The molecule has 1 amide bonds. The van der Waals surface area contributed by atoms with Gasteiger partial charge >= 0.3 is 0 Å². The lowest BCUT2D eigenvalue weighted by atomic mass is 9.87. The van der Waals surface area contributed by atoms with E-state index >= 15 is 0 Å². The van der Waals surface area contributed by atoms with Gasteiger partial charge in [0.25, 0.3) is 0 Å². The highest BCUT2D eigenvalue weighted by Crippen LogP contribution is 2.28. The SMILES string of the molecule is Cl.O=C(NCC1CCCC1)C1(n2cccn2)CCNCC1. The molecule has 0 bridgehead atoms. The number of nitrogens with one attached hydrogen (secondary N) is 2. The third-order valence-corrected chi connectivity index (χ3v) is 4.82. The number of amides is 1. The summed E-state index contributed by atoms with van der Waals surface area (Å²) in [6.45, 7) is 2.57. The summed E-state index contributed by atoms with van der Waals surface area (Å²) in [5.74, 6) is 0.824. The molecule has 0 atom stereocenters. The van der Waals surface area contributed by atoms with Crippen LogP contribution < -0.4 is 10.6 Å². The Kier molecular flexibility index (Phi) is 5.65. The number of halogens is 1. The summed E-state index contributed by atoms with van der Waals surface area (Å²) in [6.07, 6.45) is 10.4. The molecule has 0 unspecified atom stereocenters. The molecule has 118 valence electrons. The Bertz CT molecular complexity index is 437. The maximum atomic E-state index is 12.8. The molecule has 5 nitrogen and oxygen atoms in total. The van der Waals surface area contributed by atoms with E-state index in [-0.39, 0.29) is 18.3 Å². The van der Waals surface area contributed by atoms with Gasteiger partial charge in [-0.2, -0.15) is 5.10 Å². The highest BCUT2D eigenvalue weighted by molar-refractivity contribution is 5.85.